The summed E-state index contributed by atoms with van der Waals surface area (Å²) in [7, 11) is 0. The number of piperidine rings is 2. The number of hydrogen-bond acceptors (Lipinski definition) is 8. The Kier molecular flexibility index (Phi) is 7.40. The van der Waals surface area contributed by atoms with Gasteiger partial charge in [-0.05, 0) is 92.3 Å². The molecule has 0 aromatic carbocycles. The minimum Gasteiger partial charge on any atom is -0.459 e. The van der Waals surface area contributed by atoms with Crippen molar-refractivity contribution in [3.8, 4) is 0 Å². The Bertz CT molecular complexity index is 1340. The van der Waals surface area contributed by atoms with Gasteiger partial charge in [0.05, 0.1) is 11.0 Å². The Morgan fingerprint density at radius 3 is 2.50 bits per heavy atom. The van der Waals surface area contributed by atoms with Crippen molar-refractivity contribution in [3.05, 3.63) is 22.9 Å². The van der Waals surface area contributed by atoms with E-state index in [1.807, 2.05) is 59.4 Å². The van der Waals surface area contributed by atoms with Crippen LogP contribution in [0.4, 0.5) is 9.80 Å². The van der Waals surface area contributed by atoms with Gasteiger partial charge < -0.3 is 14.4 Å². The number of hydrogen-bond donors (Lipinski definition) is 1. The molecule has 3 fully saturated rings. The van der Waals surface area contributed by atoms with Crippen molar-refractivity contribution in [2.75, 3.05) is 31.5 Å². The number of pyridine rings is 1. The number of rotatable bonds is 3. The maximum atomic E-state index is 14.0. The summed E-state index contributed by atoms with van der Waals surface area (Å²) in [5, 5.41) is 4.06. The first kappa shape index (κ1) is 28.8. The number of fused-ring (bicyclic) bond motifs is 1. The van der Waals surface area contributed by atoms with E-state index >= 15 is 0 Å². The van der Waals surface area contributed by atoms with Gasteiger partial charge in [0.1, 0.15) is 21.0 Å². The minimum absolute atomic E-state index is 0.0525. The molecule has 3 saturated heterocycles. The second kappa shape index (κ2) is 10.3. The molecule has 1 unspecified atom stereocenters. The summed E-state index contributed by atoms with van der Waals surface area (Å²) in [4.78, 5) is 49.3. The molecule has 1 spiro atoms. The molecule has 1 atom stereocenters. The van der Waals surface area contributed by atoms with Gasteiger partial charge in [-0.1, -0.05) is 11.3 Å². The monoisotopic (exact) mass is 570 g/mol. The smallest absolute Gasteiger partial charge is 0.412 e. The van der Waals surface area contributed by atoms with Crippen LogP contribution < -0.4 is 5.32 Å². The molecule has 40 heavy (non-hydrogen) atoms. The molecule has 3 aliphatic heterocycles. The minimum atomic E-state index is -0.656. The molecule has 2 amide bonds. The van der Waals surface area contributed by atoms with E-state index in [1.54, 1.807) is 0 Å². The molecule has 218 valence electrons. The van der Waals surface area contributed by atoms with Crippen molar-refractivity contribution in [1.29, 1.82) is 0 Å². The number of aryl methyl sites for hydroxylation is 2. The van der Waals surface area contributed by atoms with Crippen molar-refractivity contribution < 1.29 is 23.9 Å². The van der Waals surface area contributed by atoms with Crippen LogP contribution >= 0.6 is 11.3 Å². The van der Waals surface area contributed by atoms with Crippen LogP contribution in [-0.2, 0) is 14.3 Å². The number of cyclic esters (lactones) is 1. The third kappa shape index (κ3) is 5.70. The zero-order chi connectivity index (χ0) is 29.0. The fraction of sp³-hybridized carbons (Fsp3) is 0.667. The van der Waals surface area contributed by atoms with E-state index in [2.05, 4.69) is 10.2 Å². The predicted molar refractivity (Wildman–Crippen MR) is 156 cm³/mol. The summed E-state index contributed by atoms with van der Waals surface area (Å²) in [6.45, 7) is 16.3. The number of nitrogens with zero attached hydrogens (tertiary/aromatic N) is 3. The molecule has 9 nitrogen and oxygen atoms in total. The number of anilines is 1. The molecule has 0 bridgehead atoms. The molecule has 2 aromatic rings. The Labute approximate surface area is 240 Å². The summed E-state index contributed by atoms with van der Waals surface area (Å²) in [5.74, 6) is -0.152. The van der Waals surface area contributed by atoms with Crippen LogP contribution in [0.3, 0.4) is 0 Å². The Morgan fingerprint density at radius 1 is 1.18 bits per heavy atom. The Morgan fingerprint density at radius 2 is 1.88 bits per heavy atom. The molecule has 2 aromatic heterocycles. The SMILES string of the molecule is Cc1cc2c(C(=O)N3CCC(N4CCCC5(C4)CC(C)(C)OC5=O)CC3)c(NC(=O)OC(C)(C)C)sc2nc1C. The average molecular weight is 571 g/mol. The highest BCUT2D eigenvalue weighted by Crippen LogP contribution is 2.47. The van der Waals surface area contributed by atoms with Crippen LogP contribution in [0.5, 0.6) is 0 Å². The van der Waals surface area contributed by atoms with Crippen LogP contribution in [0.15, 0.2) is 6.07 Å². The van der Waals surface area contributed by atoms with E-state index < -0.39 is 22.7 Å². The number of esters is 1. The molecule has 0 radical (unpaired) electrons. The molecular formula is C30H42N4O5S. The lowest BCUT2D eigenvalue weighted by molar-refractivity contribution is -0.154. The third-order valence-corrected chi connectivity index (χ3v) is 9.41. The normalized spacial score (nSPS) is 24.0. The molecule has 5 rings (SSSR count). The first-order chi connectivity index (χ1) is 18.7. The standard InChI is InChI=1S/C30H42N4O5S/c1-18-15-21-22(24(40-23(21)31-19(18)2)32-27(37)39-28(3,4)5)25(35)33-13-9-20(10-14-33)34-12-8-11-30(17-34)16-29(6,7)38-26(30)36/h15,20H,8-14,16-17H2,1-7H3,(H,32,37). The number of amides is 2. The van der Waals surface area contributed by atoms with Gasteiger partial charge in [0.25, 0.3) is 5.91 Å². The number of aromatic nitrogens is 1. The highest BCUT2D eigenvalue weighted by Gasteiger charge is 2.54. The summed E-state index contributed by atoms with van der Waals surface area (Å²) >= 11 is 1.30. The van der Waals surface area contributed by atoms with E-state index in [1.165, 1.54) is 11.3 Å². The average Bonchev–Trinajstić information content (AvgIpc) is 3.29. The third-order valence-electron chi connectivity index (χ3n) is 8.40. The van der Waals surface area contributed by atoms with Crippen molar-refractivity contribution in [2.45, 2.75) is 97.8 Å². The van der Waals surface area contributed by atoms with Gasteiger partial charge in [-0.3, -0.25) is 19.8 Å². The molecular weight excluding hydrogens is 528 g/mol. The molecule has 5 heterocycles. The topological polar surface area (TPSA) is 101 Å². The summed E-state index contributed by atoms with van der Waals surface area (Å²) < 4.78 is 11.2. The van der Waals surface area contributed by atoms with E-state index in [4.69, 9.17) is 14.5 Å². The fourth-order valence-electron chi connectivity index (χ4n) is 6.57. The van der Waals surface area contributed by atoms with Gasteiger partial charge in [0.2, 0.25) is 0 Å². The second-order valence-corrected chi connectivity index (χ2v) is 14.4. The van der Waals surface area contributed by atoms with Gasteiger partial charge in [0, 0.05) is 43.2 Å². The number of thiophene rings is 1. The van der Waals surface area contributed by atoms with E-state index in [9.17, 15) is 14.4 Å². The number of ether oxygens (including phenoxy) is 2. The maximum absolute atomic E-state index is 14.0. The first-order valence-corrected chi connectivity index (χ1v) is 15.2. The van der Waals surface area contributed by atoms with Crippen LogP contribution in [-0.4, -0.2) is 76.2 Å². The fourth-order valence-corrected chi connectivity index (χ4v) is 7.65. The number of nitrogens with one attached hydrogen (secondary N) is 1. The molecule has 10 heteroatoms. The van der Waals surface area contributed by atoms with Crippen molar-refractivity contribution in [2.24, 2.45) is 5.41 Å². The number of carbonyl (C=O) groups excluding carboxylic acids is 3. The van der Waals surface area contributed by atoms with Gasteiger partial charge >= 0.3 is 12.1 Å². The van der Waals surface area contributed by atoms with Crippen LogP contribution in [0.1, 0.15) is 88.3 Å². The van der Waals surface area contributed by atoms with Crippen molar-refractivity contribution in [3.63, 3.8) is 0 Å². The van der Waals surface area contributed by atoms with E-state index in [0.717, 1.165) is 66.7 Å². The largest absolute Gasteiger partial charge is 0.459 e. The van der Waals surface area contributed by atoms with Crippen LogP contribution in [0, 0.1) is 19.3 Å². The van der Waals surface area contributed by atoms with Crippen LogP contribution in [0.2, 0.25) is 0 Å². The lowest BCUT2D eigenvalue weighted by atomic mass is 9.74. The first-order valence-electron chi connectivity index (χ1n) is 14.3. The lowest BCUT2D eigenvalue weighted by Gasteiger charge is -2.44. The zero-order valence-electron chi connectivity index (χ0n) is 24.8. The summed E-state index contributed by atoms with van der Waals surface area (Å²) in [5.41, 5.74) is 0.899. The summed E-state index contributed by atoms with van der Waals surface area (Å²) in [6.07, 6.45) is 3.72. The number of carbonyl (C=O) groups is 3. The van der Waals surface area contributed by atoms with Gasteiger partial charge in [-0.15, -0.1) is 0 Å². The molecule has 3 aliphatic rings. The van der Waals surface area contributed by atoms with E-state index in [0.29, 0.717) is 29.7 Å². The highest BCUT2D eigenvalue weighted by atomic mass is 32.1. The molecule has 1 N–H and O–H groups in total. The van der Waals surface area contributed by atoms with Crippen molar-refractivity contribution in [1.82, 2.24) is 14.8 Å². The quantitative estimate of drug-likeness (QED) is 0.475. The summed E-state index contributed by atoms with van der Waals surface area (Å²) in [6, 6.07) is 2.31. The van der Waals surface area contributed by atoms with Crippen molar-refractivity contribution >= 4 is 44.5 Å². The van der Waals surface area contributed by atoms with Crippen LogP contribution in [0.25, 0.3) is 10.2 Å². The predicted octanol–water partition coefficient (Wildman–Crippen LogP) is 5.67. The molecule has 0 saturated carbocycles. The second-order valence-electron chi connectivity index (χ2n) is 13.4. The zero-order valence-corrected chi connectivity index (χ0v) is 25.6. The van der Waals surface area contributed by atoms with Gasteiger partial charge in [-0.25, -0.2) is 9.78 Å². The van der Waals surface area contributed by atoms with Gasteiger partial charge in [0.15, 0.2) is 0 Å². The number of likely N-dealkylation sites (tertiary alicyclic amines) is 2. The van der Waals surface area contributed by atoms with Gasteiger partial charge in [-0.2, -0.15) is 0 Å². The lowest BCUT2D eigenvalue weighted by Crippen LogP contribution is -2.53. The Balaban J connectivity index is 1.32. The molecule has 0 aliphatic carbocycles. The van der Waals surface area contributed by atoms with E-state index in [-0.39, 0.29) is 11.9 Å². The highest BCUT2D eigenvalue weighted by molar-refractivity contribution is 7.23. The maximum Gasteiger partial charge on any atom is 0.412 e. The Hall–Kier alpha value is -2.72.